The van der Waals surface area contributed by atoms with Crippen molar-refractivity contribution in [3.8, 4) is 0 Å². The quantitative estimate of drug-likeness (QED) is 0.811. The molecule has 0 aromatic carbocycles. The zero-order chi connectivity index (χ0) is 12.7. The van der Waals surface area contributed by atoms with Crippen LogP contribution in [0, 0.1) is 5.92 Å². The normalized spacial score (nSPS) is 11.4. The molecule has 0 aliphatic heterocycles. The second-order valence-corrected chi connectivity index (χ2v) is 5.94. The maximum Gasteiger partial charge on any atom is 0.138 e. The second kappa shape index (κ2) is 7.67. The summed E-state index contributed by atoms with van der Waals surface area (Å²) < 4.78 is 0. The van der Waals surface area contributed by atoms with E-state index >= 15 is 0 Å². The molecule has 1 aromatic rings. The molecule has 96 valence electrons. The van der Waals surface area contributed by atoms with E-state index in [9.17, 15) is 0 Å². The first-order valence-corrected chi connectivity index (χ1v) is 7.35. The molecule has 17 heavy (non-hydrogen) atoms. The number of nitrogens with one attached hydrogen (secondary N) is 1. The lowest BCUT2D eigenvalue weighted by Crippen LogP contribution is -2.22. The Bertz CT molecular complexity index is 326. The minimum Gasteiger partial charge on any atom is -0.309 e. The van der Waals surface area contributed by atoms with Crippen LogP contribution in [0.25, 0.3) is 0 Å². The van der Waals surface area contributed by atoms with E-state index in [2.05, 4.69) is 43.0 Å². The predicted molar refractivity (Wildman–Crippen MR) is 75.0 cm³/mol. The van der Waals surface area contributed by atoms with Crippen molar-refractivity contribution < 1.29 is 0 Å². The highest BCUT2D eigenvalue weighted by Crippen LogP contribution is 2.12. The largest absolute Gasteiger partial charge is 0.309 e. The molecule has 3 nitrogen and oxygen atoms in total. The smallest absolute Gasteiger partial charge is 0.138 e. The molecule has 1 rings (SSSR count). The summed E-state index contributed by atoms with van der Waals surface area (Å²) in [5.74, 6) is 3.75. The first kappa shape index (κ1) is 14.5. The highest BCUT2D eigenvalue weighted by molar-refractivity contribution is 7.98. The summed E-state index contributed by atoms with van der Waals surface area (Å²) in [4.78, 5) is 8.85. The summed E-state index contributed by atoms with van der Waals surface area (Å²) in [5.41, 5.74) is 1.08. The van der Waals surface area contributed by atoms with E-state index in [4.69, 9.17) is 0 Å². The van der Waals surface area contributed by atoms with Gasteiger partial charge in [-0.25, -0.2) is 9.97 Å². The summed E-state index contributed by atoms with van der Waals surface area (Å²) in [6.07, 6.45) is 1.86. The van der Waals surface area contributed by atoms with Crippen molar-refractivity contribution in [1.82, 2.24) is 15.3 Å². The Kier molecular flexibility index (Phi) is 6.52. The molecular weight excluding hydrogens is 230 g/mol. The number of aromatic nitrogens is 2. The van der Waals surface area contributed by atoms with Gasteiger partial charge in [0.05, 0.1) is 11.4 Å². The molecule has 0 aliphatic rings. The predicted octanol–water partition coefficient (Wildman–Crippen LogP) is 2.86. The average molecular weight is 253 g/mol. The summed E-state index contributed by atoms with van der Waals surface area (Å²) in [5, 5.41) is 3.37. The van der Waals surface area contributed by atoms with Crippen LogP contribution in [0.1, 0.15) is 39.2 Å². The fraction of sp³-hybridized carbons (Fsp3) is 0.692. The maximum atomic E-state index is 4.55. The lowest BCUT2D eigenvalue weighted by atomic mass is 10.3. The Labute approximate surface area is 109 Å². The molecule has 0 radical (unpaired) electrons. The molecule has 1 N–H and O–H groups in total. The highest BCUT2D eigenvalue weighted by Gasteiger charge is 2.02. The van der Waals surface area contributed by atoms with Crippen LogP contribution in [0.3, 0.4) is 0 Å². The van der Waals surface area contributed by atoms with Gasteiger partial charge in [-0.1, -0.05) is 27.7 Å². The van der Waals surface area contributed by atoms with Gasteiger partial charge in [0.2, 0.25) is 0 Å². The van der Waals surface area contributed by atoms with Gasteiger partial charge in [0.15, 0.2) is 0 Å². The molecule has 0 aliphatic carbocycles. The summed E-state index contributed by atoms with van der Waals surface area (Å²) >= 11 is 1.90. The van der Waals surface area contributed by atoms with Crippen molar-refractivity contribution in [1.29, 1.82) is 0 Å². The molecule has 1 heterocycles. The Hall–Kier alpha value is -0.610. The number of hydrogen-bond donors (Lipinski definition) is 1. The van der Waals surface area contributed by atoms with Crippen LogP contribution in [0.15, 0.2) is 12.3 Å². The molecule has 0 unspecified atom stereocenters. The maximum absolute atomic E-state index is 4.55. The molecule has 0 saturated heterocycles. The number of thioether (sulfide) groups is 1. The van der Waals surface area contributed by atoms with Crippen molar-refractivity contribution in [3.63, 3.8) is 0 Å². The Morgan fingerprint density at radius 1 is 1.29 bits per heavy atom. The second-order valence-electron chi connectivity index (χ2n) is 4.91. The van der Waals surface area contributed by atoms with Crippen LogP contribution in [-0.2, 0) is 12.3 Å². The van der Waals surface area contributed by atoms with E-state index in [-0.39, 0.29) is 0 Å². The topological polar surface area (TPSA) is 37.8 Å². The zero-order valence-electron chi connectivity index (χ0n) is 11.2. The van der Waals surface area contributed by atoms with E-state index in [1.54, 1.807) is 0 Å². The van der Waals surface area contributed by atoms with Crippen molar-refractivity contribution in [3.05, 3.63) is 23.8 Å². The molecule has 0 spiro atoms. The highest BCUT2D eigenvalue weighted by atomic mass is 32.2. The van der Waals surface area contributed by atoms with Crippen LogP contribution < -0.4 is 5.32 Å². The molecule has 0 saturated carbocycles. The zero-order valence-corrected chi connectivity index (χ0v) is 12.0. The molecular formula is C13H23N3S. The molecule has 1 aromatic heterocycles. The molecule has 0 fully saturated rings. The molecule has 4 heteroatoms. The van der Waals surface area contributed by atoms with E-state index in [1.807, 2.05) is 24.0 Å². The van der Waals surface area contributed by atoms with E-state index in [0.29, 0.717) is 6.04 Å². The Morgan fingerprint density at radius 3 is 2.71 bits per heavy atom. The molecule has 0 atom stereocenters. The third-order valence-corrected chi connectivity index (χ3v) is 3.50. The Balaban J connectivity index is 2.42. The van der Waals surface area contributed by atoms with Crippen molar-refractivity contribution in [2.24, 2.45) is 5.92 Å². The Morgan fingerprint density at radius 2 is 2.06 bits per heavy atom. The summed E-state index contributed by atoms with van der Waals surface area (Å²) in [6.45, 7) is 9.57. The summed E-state index contributed by atoms with van der Waals surface area (Å²) in [7, 11) is 0. The minimum absolute atomic E-state index is 0.490. The first-order valence-electron chi connectivity index (χ1n) is 6.20. The third kappa shape index (κ3) is 6.64. The standard InChI is InChI=1S/C13H23N3S/c1-10(2)8-17-9-13-14-6-5-12(16-13)7-15-11(3)4/h5-6,10-11,15H,7-9H2,1-4H3. The average Bonchev–Trinajstić information content (AvgIpc) is 2.26. The van der Waals surface area contributed by atoms with Gasteiger partial charge in [-0.15, -0.1) is 0 Å². The fourth-order valence-electron chi connectivity index (χ4n) is 1.30. The SMILES string of the molecule is CC(C)CSCc1nccc(CNC(C)C)n1. The van der Waals surface area contributed by atoms with Gasteiger partial charge in [0, 0.05) is 18.8 Å². The molecule has 0 amide bonds. The van der Waals surface area contributed by atoms with Crippen LogP contribution >= 0.6 is 11.8 Å². The first-order chi connectivity index (χ1) is 8.08. The van der Waals surface area contributed by atoms with Gasteiger partial charge in [-0.2, -0.15) is 11.8 Å². The van der Waals surface area contributed by atoms with Gasteiger partial charge < -0.3 is 5.32 Å². The van der Waals surface area contributed by atoms with Gasteiger partial charge in [0.1, 0.15) is 5.82 Å². The number of rotatable bonds is 7. The van der Waals surface area contributed by atoms with E-state index in [1.165, 1.54) is 0 Å². The van der Waals surface area contributed by atoms with Gasteiger partial charge in [-0.05, 0) is 17.7 Å². The molecule has 0 bridgehead atoms. The van der Waals surface area contributed by atoms with Crippen LogP contribution in [0.5, 0.6) is 0 Å². The van der Waals surface area contributed by atoms with Crippen molar-refractivity contribution >= 4 is 11.8 Å². The van der Waals surface area contributed by atoms with Crippen LogP contribution in [0.2, 0.25) is 0 Å². The monoisotopic (exact) mass is 253 g/mol. The van der Waals surface area contributed by atoms with Crippen LogP contribution in [-0.4, -0.2) is 21.8 Å². The van der Waals surface area contributed by atoms with E-state index < -0.39 is 0 Å². The lowest BCUT2D eigenvalue weighted by Gasteiger charge is -2.08. The van der Waals surface area contributed by atoms with Gasteiger partial charge in [-0.3, -0.25) is 0 Å². The van der Waals surface area contributed by atoms with Crippen molar-refractivity contribution in [2.45, 2.75) is 46.0 Å². The van der Waals surface area contributed by atoms with Gasteiger partial charge >= 0.3 is 0 Å². The third-order valence-electron chi connectivity index (χ3n) is 2.14. The van der Waals surface area contributed by atoms with Crippen molar-refractivity contribution in [2.75, 3.05) is 5.75 Å². The van der Waals surface area contributed by atoms with Gasteiger partial charge in [0.25, 0.3) is 0 Å². The summed E-state index contributed by atoms with van der Waals surface area (Å²) in [6, 6.07) is 2.47. The van der Waals surface area contributed by atoms with Crippen LogP contribution in [0.4, 0.5) is 0 Å². The minimum atomic E-state index is 0.490. The number of hydrogen-bond acceptors (Lipinski definition) is 4. The lowest BCUT2D eigenvalue weighted by molar-refractivity contribution is 0.579. The van der Waals surface area contributed by atoms with E-state index in [0.717, 1.165) is 35.5 Å². The fourth-order valence-corrected chi connectivity index (χ4v) is 2.21. The number of nitrogens with zero attached hydrogens (tertiary/aromatic N) is 2.